The van der Waals surface area contributed by atoms with E-state index >= 15 is 0 Å². The summed E-state index contributed by atoms with van der Waals surface area (Å²) >= 11 is 0. The van der Waals surface area contributed by atoms with Crippen LogP contribution in [0.1, 0.15) is 35.9 Å². The maximum Gasteiger partial charge on any atom is 0.284 e. The Balaban J connectivity index is 2.80. The zero-order chi connectivity index (χ0) is 11.0. The van der Waals surface area contributed by atoms with Gasteiger partial charge in [-0.2, -0.15) is 0 Å². The van der Waals surface area contributed by atoms with Crippen LogP contribution < -0.4 is 5.73 Å². The number of carbonyl (C=O) groups excluding carboxylic acids is 1. The minimum Gasteiger partial charge on any atom is -0.450 e. The van der Waals surface area contributed by atoms with Crippen molar-refractivity contribution in [1.29, 1.82) is 0 Å². The van der Waals surface area contributed by atoms with Gasteiger partial charge >= 0.3 is 0 Å². The van der Waals surface area contributed by atoms with E-state index in [1.807, 2.05) is 13.8 Å². The molecule has 0 unspecified atom stereocenters. The Morgan fingerprint density at radius 3 is 2.87 bits per heavy atom. The van der Waals surface area contributed by atoms with Crippen molar-refractivity contribution in [3.05, 3.63) is 29.8 Å². The third kappa shape index (κ3) is 1.48. The number of nitrogens with zero attached hydrogens (tertiary/aromatic N) is 1. The van der Waals surface area contributed by atoms with Crippen molar-refractivity contribution in [1.82, 2.24) is 4.98 Å². The molecule has 0 aliphatic carbocycles. The highest BCUT2D eigenvalue weighted by Gasteiger charge is 2.20. The number of nitrogens with two attached hydrogens (primary N) is 1. The first-order valence-corrected chi connectivity index (χ1v) is 4.77. The van der Waals surface area contributed by atoms with Crippen molar-refractivity contribution in [2.24, 2.45) is 5.73 Å². The molecule has 0 aromatic carbocycles. The third-order valence-electron chi connectivity index (χ3n) is 2.33. The highest BCUT2D eigenvalue weighted by molar-refractivity contribution is 5.98. The number of hydrogen-bond acceptors (Lipinski definition) is 3. The Labute approximate surface area is 87.1 Å². The van der Waals surface area contributed by atoms with E-state index in [0.717, 1.165) is 10.9 Å². The minimum absolute atomic E-state index is 0.179. The normalized spacial score (nSPS) is 11.1. The number of rotatable bonds is 2. The smallest absolute Gasteiger partial charge is 0.284 e. The largest absolute Gasteiger partial charge is 0.450 e. The molecule has 0 aliphatic heterocycles. The van der Waals surface area contributed by atoms with E-state index in [2.05, 4.69) is 4.98 Å². The Morgan fingerprint density at radius 1 is 1.53 bits per heavy atom. The molecule has 1 amide bonds. The van der Waals surface area contributed by atoms with E-state index in [1.54, 1.807) is 18.5 Å². The topological polar surface area (TPSA) is 69.1 Å². The van der Waals surface area contributed by atoms with Gasteiger partial charge in [-0.15, -0.1) is 0 Å². The summed E-state index contributed by atoms with van der Waals surface area (Å²) in [4.78, 5) is 15.2. The van der Waals surface area contributed by atoms with Crippen LogP contribution in [0.3, 0.4) is 0 Å². The first kappa shape index (κ1) is 9.71. The van der Waals surface area contributed by atoms with Gasteiger partial charge < -0.3 is 10.2 Å². The quantitative estimate of drug-likeness (QED) is 0.813. The maximum absolute atomic E-state index is 11.2. The van der Waals surface area contributed by atoms with E-state index in [4.69, 9.17) is 10.2 Å². The maximum atomic E-state index is 11.2. The molecule has 2 aromatic rings. The molecule has 15 heavy (non-hydrogen) atoms. The molecule has 4 nitrogen and oxygen atoms in total. The summed E-state index contributed by atoms with van der Waals surface area (Å²) in [6.45, 7) is 3.98. The number of fused-ring (bicyclic) bond motifs is 1. The molecule has 0 saturated heterocycles. The summed E-state index contributed by atoms with van der Waals surface area (Å²) in [6.07, 6.45) is 3.32. The molecule has 0 fully saturated rings. The highest BCUT2D eigenvalue weighted by atomic mass is 16.3. The summed E-state index contributed by atoms with van der Waals surface area (Å²) < 4.78 is 5.41. The van der Waals surface area contributed by atoms with Gasteiger partial charge in [-0.25, -0.2) is 0 Å². The van der Waals surface area contributed by atoms with Crippen LogP contribution in [0.2, 0.25) is 0 Å². The molecule has 0 atom stereocenters. The summed E-state index contributed by atoms with van der Waals surface area (Å²) in [5.41, 5.74) is 6.76. The summed E-state index contributed by atoms with van der Waals surface area (Å²) in [7, 11) is 0. The van der Waals surface area contributed by atoms with Crippen molar-refractivity contribution >= 4 is 16.9 Å². The molecule has 0 radical (unpaired) electrons. The lowest BCUT2D eigenvalue weighted by Crippen LogP contribution is -2.12. The van der Waals surface area contributed by atoms with Crippen LogP contribution in [-0.4, -0.2) is 10.9 Å². The zero-order valence-corrected chi connectivity index (χ0v) is 8.65. The molecule has 0 saturated carbocycles. The fourth-order valence-corrected chi connectivity index (χ4v) is 1.72. The Hall–Kier alpha value is -1.84. The summed E-state index contributed by atoms with van der Waals surface area (Å²) in [6, 6.07) is 1.73. The van der Waals surface area contributed by atoms with E-state index in [1.165, 1.54) is 0 Å². The predicted octanol–water partition coefficient (Wildman–Crippen LogP) is 2.05. The predicted molar refractivity (Wildman–Crippen MR) is 56.6 cm³/mol. The molecule has 2 aromatic heterocycles. The fraction of sp³-hybridized carbons (Fsp3) is 0.273. The van der Waals surface area contributed by atoms with Gasteiger partial charge in [0.15, 0.2) is 5.76 Å². The third-order valence-corrected chi connectivity index (χ3v) is 2.33. The van der Waals surface area contributed by atoms with E-state index in [-0.39, 0.29) is 11.7 Å². The SMILES string of the molecule is CC(C)c1c(C(N)=O)oc2ccncc12. The second-order valence-corrected chi connectivity index (χ2v) is 3.74. The number of aromatic nitrogens is 1. The van der Waals surface area contributed by atoms with Crippen LogP contribution in [0.5, 0.6) is 0 Å². The van der Waals surface area contributed by atoms with Gasteiger partial charge in [-0.05, 0) is 12.0 Å². The molecule has 4 heteroatoms. The monoisotopic (exact) mass is 204 g/mol. The number of amides is 1. The first-order chi connectivity index (χ1) is 7.11. The van der Waals surface area contributed by atoms with Gasteiger partial charge in [-0.1, -0.05) is 13.8 Å². The second-order valence-electron chi connectivity index (χ2n) is 3.74. The summed E-state index contributed by atoms with van der Waals surface area (Å²) in [5, 5.41) is 0.862. The standard InChI is InChI=1S/C11H12N2O2/c1-6(2)9-7-5-13-4-3-8(7)15-10(9)11(12)14/h3-6H,1-2H3,(H2,12,14). The van der Waals surface area contributed by atoms with Crippen LogP contribution >= 0.6 is 0 Å². The Bertz CT molecular complexity index is 514. The van der Waals surface area contributed by atoms with Crippen molar-refractivity contribution in [3.8, 4) is 0 Å². The highest BCUT2D eigenvalue weighted by Crippen LogP contribution is 2.30. The van der Waals surface area contributed by atoms with Gasteiger partial charge in [0, 0.05) is 23.3 Å². The molecular formula is C11H12N2O2. The van der Waals surface area contributed by atoms with Crippen LogP contribution in [0, 0.1) is 0 Å². The van der Waals surface area contributed by atoms with Crippen LogP contribution in [-0.2, 0) is 0 Å². The lowest BCUT2D eigenvalue weighted by atomic mass is 10.0. The first-order valence-electron chi connectivity index (χ1n) is 4.77. The Kier molecular flexibility index (Phi) is 2.19. The fourth-order valence-electron chi connectivity index (χ4n) is 1.72. The lowest BCUT2D eigenvalue weighted by molar-refractivity contribution is 0.0974. The number of hydrogen-bond donors (Lipinski definition) is 1. The Morgan fingerprint density at radius 2 is 2.27 bits per heavy atom. The minimum atomic E-state index is -0.532. The zero-order valence-electron chi connectivity index (χ0n) is 8.65. The number of furan rings is 1. The van der Waals surface area contributed by atoms with Crippen LogP contribution in [0.25, 0.3) is 11.0 Å². The van der Waals surface area contributed by atoms with Gasteiger partial charge in [0.05, 0.1) is 0 Å². The molecule has 0 bridgehead atoms. The van der Waals surface area contributed by atoms with Crippen molar-refractivity contribution in [3.63, 3.8) is 0 Å². The van der Waals surface area contributed by atoms with Gasteiger partial charge in [0.2, 0.25) is 0 Å². The van der Waals surface area contributed by atoms with Crippen molar-refractivity contribution in [2.45, 2.75) is 19.8 Å². The molecule has 2 rings (SSSR count). The van der Waals surface area contributed by atoms with Crippen molar-refractivity contribution < 1.29 is 9.21 Å². The van der Waals surface area contributed by atoms with Gasteiger partial charge in [0.25, 0.3) is 5.91 Å². The number of primary amides is 1. The van der Waals surface area contributed by atoms with Crippen LogP contribution in [0.15, 0.2) is 22.9 Å². The molecular weight excluding hydrogens is 192 g/mol. The van der Waals surface area contributed by atoms with Crippen molar-refractivity contribution in [2.75, 3.05) is 0 Å². The average molecular weight is 204 g/mol. The van der Waals surface area contributed by atoms with Crippen LogP contribution in [0.4, 0.5) is 0 Å². The molecule has 0 spiro atoms. The van der Waals surface area contributed by atoms with E-state index in [9.17, 15) is 4.79 Å². The average Bonchev–Trinajstić information content (AvgIpc) is 2.56. The molecule has 0 aliphatic rings. The molecule has 2 heterocycles. The number of carbonyl (C=O) groups is 1. The molecule has 78 valence electrons. The van der Waals surface area contributed by atoms with E-state index < -0.39 is 5.91 Å². The summed E-state index contributed by atoms with van der Waals surface area (Å²) in [5.74, 6) is -0.110. The number of pyridine rings is 1. The lowest BCUT2D eigenvalue weighted by Gasteiger charge is -2.02. The second kappa shape index (κ2) is 3.38. The molecule has 2 N–H and O–H groups in total. The van der Waals surface area contributed by atoms with Gasteiger partial charge in [0.1, 0.15) is 5.58 Å². The van der Waals surface area contributed by atoms with E-state index in [0.29, 0.717) is 5.58 Å². The van der Waals surface area contributed by atoms with Gasteiger partial charge in [-0.3, -0.25) is 9.78 Å².